The zero-order valence-electron chi connectivity index (χ0n) is 10.2. The molecular formula is C12H20O3Si. The van der Waals surface area contributed by atoms with Crippen LogP contribution in [0.2, 0.25) is 13.1 Å². The molecule has 1 aromatic carbocycles. The number of ether oxygens (including phenoxy) is 2. The molecule has 0 fully saturated rings. The molecule has 4 heteroatoms. The normalized spacial score (nSPS) is 11.7. The Labute approximate surface area is 98.5 Å². The second-order valence-electron chi connectivity index (χ2n) is 4.04. The fourth-order valence-corrected chi connectivity index (χ4v) is 2.85. The number of rotatable bonds is 7. The summed E-state index contributed by atoms with van der Waals surface area (Å²) in [5.41, 5.74) is 0. The highest BCUT2D eigenvalue weighted by atomic mass is 28.4. The fraction of sp³-hybridized carbons (Fsp3) is 0.500. The Kier molecular flexibility index (Phi) is 5.69. The van der Waals surface area contributed by atoms with Crippen molar-refractivity contribution in [1.29, 1.82) is 0 Å². The molecule has 1 rings (SSSR count). The summed E-state index contributed by atoms with van der Waals surface area (Å²) in [6.07, 6.45) is 0. The third-order valence-corrected chi connectivity index (χ3v) is 4.97. The molecule has 0 spiro atoms. The van der Waals surface area contributed by atoms with Crippen LogP contribution in [0.5, 0.6) is 0 Å². The van der Waals surface area contributed by atoms with Crippen LogP contribution in [0, 0.1) is 0 Å². The Morgan fingerprint density at radius 3 is 2.38 bits per heavy atom. The minimum absolute atomic E-state index is 0.345. The van der Waals surface area contributed by atoms with Crippen LogP contribution in [0.4, 0.5) is 0 Å². The summed E-state index contributed by atoms with van der Waals surface area (Å²) >= 11 is 0. The third-order valence-electron chi connectivity index (χ3n) is 2.40. The SMILES string of the molecule is COCCOCO[Si](C)(C)c1ccccc1. The van der Waals surface area contributed by atoms with E-state index in [1.54, 1.807) is 7.11 Å². The molecule has 0 aliphatic rings. The maximum atomic E-state index is 5.82. The van der Waals surface area contributed by atoms with Crippen molar-refractivity contribution >= 4 is 13.5 Å². The van der Waals surface area contributed by atoms with E-state index in [0.717, 1.165) is 0 Å². The van der Waals surface area contributed by atoms with Gasteiger partial charge in [0.25, 0.3) is 0 Å². The van der Waals surface area contributed by atoms with Gasteiger partial charge in [0.1, 0.15) is 6.79 Å². The zero-order chi connectivity index (χ0) is 11.9. The molecule has 0 heterocycles. The molecule has 1 aromatic rings. The van der Waals surface area contributed by atoms with E-state index >= 15 is 0 Å². The second kappa shape index (κ2) is 6.80. The third kappa shape index (κ3) is 4.45. The van der Waals surface area contributed by atoms with Gasteiger partial charge < -0.3 is 13.9 Å². The first-order valence-electron chi connectivity index (χ1n) is 5.43. The summed E-state index contributed by atoms with van der Waals surface area (Å²) in [7, 11) is -0.146. The Morgan fingerprint density at radius 1 is 1.06 bits per heavy atom. The number of benzene rings is 1. The van der Waals surface area contributed by atoms with Crippen LogP contribution in [0.1, 0.15) is 0 Å². The Hall–Kier alpha value is -0.683. The van der Waals surface area contributed by atoms with Crippen molar-refractivity contribution in [2.24, 2.45) is 0 Å². The van der Waals surface area contributed by atoms with Gasteiger partial charge in [-0.2, -0.15) is 0 Å². The largest absolute Gasteiger partial charge is 0.391 e. The molecule has 0 radical (unpaired) electrons. The van der Waals surface area contributed by atoms with Crippen molar-refractivity contribution in [1.82, 2.24) is 0 Å². The van der Waals surface area contributed by atoms with Gasteiger partial charge in [-0.25, -0.2) is 0 Å². The highest BCUT2D eigenvalue weighted by molar-refractivity contribution is 6.84. The van der Waals surface area contributed by atoms with Gasteiger partial charge in [0.05, 0.1) is 13.2 Å². The highest BCUT2D eigenvalue weighted by Gasteiger charge is 2.24. The van der Waals surface area contributed by atoms with E-state index in [2.05, 4.69) is 25.2 Å². The van der Waals surface area contributed by atoms with Crippen molar-refractivity contribution in [3.8, 4) is 0 Å². The summed E-state index contributed by atoms with van der Waals surface area (Å²) in [6.45, 7) is 5.87. The van der Waals surface area contributed by atoms with Gasteiger partial charge in [0.2, 0.25) is 8.32 Å². The molecule has 0 saturated heterocycles. The molecular weight excluding hydrogens is 220 g/mol. The maximum Gasteiger partial charge on any atom is 0.221 e. The van der Waals surface area contributed by atoms with E-state index in [9.17, 15) is 0 Å². The summed E-state index contributed by atoms with van der Waals surface area (Å²) < 4.78 is 16.0. The average Bonchev–Trinajstić information content (AvgIpc) is 2.30. The first-order chi connectivity index (χ1) is 7.67. The Bertz CT molecular complexity index is 288. The van der Waals surface area contributed by atoms with Gasteiger partial charge in [-0.05, 0) is 18.3 Å². The predicted molar refractivity (Wildman–Crippen MR) is 67.3 cm³/mol. The van der Waals surface area contributed by atoms with E-state index in [4.69, 9.17) is 13.9 Å². The van der Waals surface area contributed by atoms with Gasteiger partial charge >= 0.3 is 0 Å². The fourth-order valence-electron chi connectivity index (χ4n) is 1.31. The summed E-state index contributed by atoms with van der Waals surface area (Å²) in [4.78, 5) is 0. The van der Waals surface area contributed by atoms with Gasteiger partial charge in [-0.1, -0.05) is 30.3 Å². The molecule has 0 saturated carbocycles. The molecule has 0 aliphatic carbocycles. The first kappa shape index (κ1) is 13.4. The van der Waals surface area contributed by atoms with Crippen molar-refractivity contribution in [3.63, 3.8) is 0 Å². The van der Waals surface area contributed by atoms with E-state index in [-0.39, 0.29) is 0 Å². The van der Waals surface area contributed by atoms with E-state index in [0.29, 0.717) is 20.0 Å². The molecule has 0 bridgehead atoms. The number of hydrogen-bond acceptors (Lipinski definition) is 3. The van der Waals surface area contributed by atoms with Gasteiger partial charge in [0.15, 0.2) is 0 Å². The quantitative estimate of drug-likeness (QED) is 0.413. The first-order valence-corrected chi connectivity index (χ1v) is 8.34. The second-order valence-corrected chi connectivity index (χ2v) is 7.93. The van der Waals surface area contributed by atoms with Crippen LogP contribution in [-0.2, 0) is 13.9 Å². The van der Waals surface area contributed by atoms with Crippen LogP contribution < -0.4 is 5.19 Å². The van der Waals surface area contributed by atoms with Crippen LogP contribution in [-0.4, -0.2) is 35.4 Å². The topological polar surface area (TPSA) is 27.7 Å². The Balaban J connectivity index is 2.35. The van der Waals surface area contributed by atoms with Gasteiger partial charge in [0, 0.05) is 7.11 Å². The minimum atomic E-state index is -1.81. The lowest BCUT2D eigenvalue weighted by Crippen LogP contribution is -2.45. The number of hydrogen-bond donors (Lipinski definition) is 0. The molecule has 0 N–H and O–H groups in total. The van der Waals surface area contributed by atoms with Crippen molar-refractivity contribution in [2.75, 3.05) is 27.1 Å². The highest BCUT2D eigenvalue weighted by Crippen LogP contribution is 2.05. The molecule has 90 valence electrons. The van der Waals surface area contributed by atoms with Crippen molar-refractivity contribution < 1.29 is 13.9 Å². The Morgan fingerprint density at radius 2 is 1.75 bits per heavy atom. The summed E-state index contributed by atoms with van der Waals surface area (Å²) in [5, 5.41) is 1.28. The minimum Gasteiger partial charge on any atom is -0.391 e. The molecule has 0 aliphatic heterocycles. The van der Waals surface area contributed by atoms with Crippen LogP contribution in [0.3, 0.4) is 0 Å². The zero-order valence-corrected chi connectivity index (χ0v) is 11.2. The molecule has 0 amide bonds. The molecule has 0 unspecified atom stereocenters. The van der Waals surface area contributed by atoms with Gasteiger partial charge in [-0.3, -0.25) is 0 Å². The van der Waals surface area contributed by atoms with E-state index in [1.807, 2.05) is 18.2 Å². The number of methoxy groups -OCH3 is 1. The molecule has 3 nitrogen and oxygen atoms in total. The van der Waals surface area contributed by atoms with Crippen LogP contribution in [0.25, 0.3) is 0 Å². The molecule has 0 aromatic heterocycles. The predicted octanol–water partition coefficient (Wildman–Crippen LogP) is 1.74. The van der Waals surface area contributed by atoms with E-state index < -0.39 is 8.32 Å². The van der Waals surface area contributed by atoms with Crippen molar-refractivity contribution in [3.05, 3.63) is 30.3 Å². The maximum absolute atomic E-state index is 5.82. The monoisotopic (exact) mass is 240 g/mol. The smallest absolute Gasteiger partial charge is 0.221 e. The lowest BCUT2D eigenvalue weighted by Gasteiger charge is -2.23. The lowest BCUT2D eigenvalue weighted by molar-refractivity contribution is -0.0116. The van der Waals surface area contributed by atoms with E-state index in [1.165, 1.54) is 5.19 Å². The molecule has 16 heavy (non-hydrogen) atoms. The van der Waals surface area contributed by atoms with Crippen molar-refractivity contribution in [2.45, 2.75) is 13.1 Å². The summed E-state index contributed by atoms with van der Waals surface area (Å²) in [5.74, 6) is 0. The average molecular weight is 240 g/mol. The standard InChI is InChI=1S/C12H20O3Si/c1-13-9-10-14-11-15-16(2,3)12-7-5-4-6-8-12/h4-8H,9-11H2,1-3H3. The van der Waals surface area contributed by atoms with Crippen LogP contribution in [0.15, 0.2) is 30.3 Å². The van der Waals surface area contributed by atoms with Crippen LogP contribution >= 0.6 is 0 Å². The molecule has 0 atom stereocenters. The summed E-state index contributed by atoms with van der Waals surface area (Å²) in [6, 6.07) is 10.3. The lowest BCUT2D eigenvalue weighted by atomic mass is 10.4. The van der Waals surface area contributed by atoms with Gasteiger partial charge in [-0.15, -0.1) is 0 Å².